The molecular weight excluding hydrogens is 250 g/mol. The van der Waals surface area contributed by atoms with E-state index in [1.54, 1.807) is 0 Å². The molecule has 0 spiro atoms. The second-order valence-electron chi connectivity index (χ2n) is 7.28. The molecule has 4 atom stereocenters. The van der Waals surface area contributed by atoms with Gasteiger partial charge >= 0.3 is 0 Å². The maximum absolute atomic E-state index is 9.78. The van der Waals surface area contributed by atoms with Crippen LogP contribution in [0, 0.1) is 11.8 Å². The van der Waals surface area contributed by atoms with Crippen molar-refractivity contribution in [1.29, 1.82) is 0 Å². The monoisotopic (exact) mass is 283 g/mol. The first-order chi connectivity index (χ1) is 9.52. The molecule has 4 nitrogen and oxygen atoms in total. The minimum Gasteiger partial charge on any atom is -0.395 e. The van der Waals surface area contributed by atoms with Gasteiger partial charge in [0.25, 0.3) is 0 Å². The Morgan fingerprint density at radius 3 is 2.65 bits per heavy atom. The number of likely N-dealkylation sites (tertiary alicyclic amines) is 2. The number of nitrogens with two attached hydrogens (primary N) is 1. The molecule has 2 aliphatic rings. The summed E-state index contributed by atoms with van der Waals surface area (Å²) < 4.78 is 0. The third kappa shape index (κ3) is 3.73. The van der Waals surface area contributed by atoms with E-state index in [-0.39, 0.29) is 18.7 Å². The van der Waals surface area contributed by atoms with Gasteiger partial charge in [0.2, 0.25) is 0 Å². The molecule has 2 fully saturated rings. The molecule has 2 heterocycles. The lowest BCUT2D eigenvalue weighted by atomic mass is 9.83. The van der Waals surface area contributed by atoms with E-state index in [0.29, 0.717) is 5.92 Å². The van der Waals surface area contributed by atoms with E-state index in [0.717, 1.165) is 31.5 Å². The van der Waals surface area contributed by atoms with E-state index in [1.165, 1.54) is 25.8 Å². The van der Waals surface area contributed by atoms with Crippen LogP contribution >= 0.6 is 0 Å². The number of aliphatic hydroxyl groups is 1. The molecular formula is C16H33N3O. The second-order valence-corrected chi connectivity index (χ2v) is 7.28. The van der Waals surface area contributed by atoms with Gasteiger partial charge in [0.15, 0.2) is 0 Å². The van der Waals surface area contributed by atoms with E-state index in [9.17, 15) is 5.11 Å². The van der Waals surface area contributed by atoms with Crippen LogP contribution in [-0.2, 0) is 0 Å². The first-order valence-electron chi connectivity index (χ1n) is 8.33. The third-order valence-corrected chi connectivity index (χ3v) is 5.27. The van der Waals surface area contributed by atoms with Crippen molar-refractivity contribution in [1.82, 2.24) is 9.80 Å². The van der Waals surface area contributed by atoms with E-state index in [1.807, 2.05) is 0 Å². The fourth-order valence-corrected chi connectivity index (χ4v) is 4.20. The van der Waals surface area contributed by atoms with Crippen molar-refractivity contribution in [2.75, 3.05) is 33.3 Å². The fourth-order valence-electron chi connectivity index (χ4n) is 4.20. The lowest BCUT2D eigenvalue weighted by molar-refractivity contribution is -0.000560. The topological polar surface area (TPSA) is 52.7 Å². The lowest BCUT2D eigenvalue weighted by Gasteiger charge is -2.48. The Kier molecular flexibility index (Phi) is 5.84. The molecule has 0 aromatic carbocycles. The summed E-state index contributed by atoms with van der Waals surface area (Å²) in [5.74, 6) is 1.36. The fraction of sp³-hybridized carbons (Fsp3) is 1.00. The Bertz CT molecular complexity index is 297. The SMILES string of the molecule is CC(C)CC(N)C(CO)N1CCC2C(CCCN2C)C1. The Balaban J connectivity index is 1.95. The number of aliphatic hydroxyl groups excluding tert-OH is 1. The van der Waals surface area contributed by atoms with Crippen LogP contribution in [0.25, 0.3) is 0 Å². The molecule has 0 radical (unpaired) electrons. The Morgan fingerprint density at radius 2 is 2.00 bits per heavy atom. The zero-order valence-corrected chi connectivity index (χ0v) is 13.5. The summed E-state index contributed by atoms with van der Waals surface area (Å²) in [6.45, 7) is 8.06. The van der Waals surface area contributed by atoms with Gasteiger partial charge < -0.3 is 15.7 Å². The maximum atomic E-state index is 9.78. The lowest BCUT2D eigenvalue weighted by Crippen LogP contribution is -2.59. The highest BCUT2D eigenvalue weighted by atomic mass is 16.3. The van der Waals surface area contributed by atoms with Crippen molar-refractivity contribution in [2.45, 2.75) is 57.7 Å². The first kappa shape index (κ1) is 16.2. The van der Waals surface area contributed by atoms with Crippen LogP contribution in [-0.4, -0.2) is 66.3 Å². The van der Waals surface area contributed by atoms with Crippen LogP contribution in [0.5, 0.6) is 0 Å². The number of nitrogens with zero attached hydrogens (tertiary/aromatic N) is 2. The summed E-state index contributed by atoms with van der Waals surface area (Å²) in [5, 5.41) is 9.78. The second kappa shape index (κ2) is 7.21. The van der Waals surface area contributed by atoms with E-state index in [4.69, 9.17) is 5.73 Å². The summed E-state index contributed by atoms with van der Waals surface area (Å²) in [6.07, 6.45) is 4.87. The largest absolute Gasteiger partial charge is 0.395 e. The average Bonchev–Trinajstić information content (AvgIpc) is 2.39. The van der Waals surface area contributed by atoms with Crippen molar-refractivity contribution in [2.24, 2.45) is 17.6 Å². The number of rotatable bonds is 5. The minimum absolute atomic E-state index is 0.0953. The highest BCUT2D eigenvalue weighted by Crippen LogP contribution is 2.31. The van der Waals surface area contributed by atoms with Crippen molar-refractivity contribution < 1.29 is 5.11 Å². The number of fused-ring (bicyclic) bond motifs is 1. The Hall–Kier alpha value is -0.160. The summed E-state index contributed by atoms with van der Waals surface area (Å²) in [6, 6.07) is 0.990. The maximum Gasteiger partial charge on any atom is 0.0601 e. The number of hydrogen-bond acceptors (Lipinski definition) is 4. The Labute approximate surface area is 124 Å². The van der Waals surface area contributed by atoms with Crippen LogP contribution in [0.4, 0.5) is 0 Å². The van der Waals surface area contributed by atoms with Gasteiger partial charge in [-0.3, -0.25) is 4.90 Å². The molecule has 2 rings (SSSR count). The van der Waals surface area contributed by atoms with Gasteiger partial charge in [0.1, 0.15) is 0 Å². The molecule has 0 saturated carbocycles. The van der Waals surface area contributed by atoms with E-state index in [2.05, 4.69) is 30.7 Å². The van der Waals surface area contributed by atoms with Crippen LogP contribution in [0.2, 0.25) is 0 Å². The van der Waals surface area contributed by atoms with Crippen molar-refractivity contribution in [3.8, 4) is 0 Å². The number of piperidine rings is 2. The van der Waals surface area contributed by atoms with E-state index >= 15 is 0 Å². The van der Waals surface area contributed by atoms with Crippen LogP contribution < -0.4 is 5.73 Å². The van der Waals surface area contributed by atoms with E-state index < -0.39 is 0 Å². The molecule has 0 aromatic rings. The molecule has 20 heavy (non-hydrogen) atoms. The zero-order chi connectivity index (χ0) is 14.7. The molecule has 2 saturated heterocycles. The van der Waals surface area contributed by atoms with Crippen LogP contribution in [0.15, 0.2) is 0 Å². The first-order valence-corrected chi connectivity index (χ1v) is 8.33. The van der Waals surface area contributed by atoms with Gasteiger partial charge in [0, 0.05) is 31.2 Å². The highest BCUT2D eigenvalue weighted by Gasteiger charge is 2.37. The van der Waals surface area contributed by atoms with Gasteiger partial charge in [-0.15, -0.1) is 0 Å². The summed E-state index contributed by atoms with van der Waals surface area (Å²) >= 11 is 0. The van der Waals surface area contributed by atoms with Gasteiger partial charge in [-0.1, -0.05) is 13.8 Å². The molecule has 4 unspecified atom stereocenters. The summed E-state index contributed by atoms with van der Waals surface area (Å²) in [5.41, 5.74) is 6.34. The van der Waals surface area contributed by atoms with Gasteiger partial charge in [0.05, 0.1) is 6.61 Å². The predicted molar refractivity (Wildman–Crippen MR) is 83.6 cm³/mol. The van der Waals surface area contributed by atoms with Crippen molar-refractivity contribution >= 4 is 0 Å². The summed E-state index contributed by atoms with van der Waals surface area (Å²) in [4.78, 5) is 5.00. The standard InChI is InChI=1S/C16H33N3O/c1-12(2)9-14(17)16(11-20)19-8-6-15-13(10-19)5-4-7-18(15)3/h12-16,20H,4-11,17H2,1-3H3. The predicted octanol–water partition coefficient (Wildman–Crippen LogP) is 1.14. The highest BCUT2D eigenvalue weighted by molar-refractivity contribution is 4.93. The smallest absolute Gasteiger partial charge is 0.0601 e. The zero-order valence-electron chi connectivity index (χ0n) is 13.5. The van der Waals surface area contributed by atoms with Gasteiger partial charge in [-0.25, -0.2) is 0 Å². The van der Waals surface area contributed by atoms with Crippen molar-refractivity contribution in [3.63, 3.8) is 0 Å². The summed E-state index contributed by atoms with van der Waals surface area (Å²) in [7, 11) is 2.26. The quantitative estimate of drug-likeness (QED) is 0.794. The molecule has 4 heteroatoms. The average molecular weight is 283 g/mol. The molecule has 0 bridgehead atoms. The molecule has 2 aliphatic heterocycles. The van der Waals surface area contributed by atoms with Crippen molar-refractivity contribution in [3.05, 3.63) is 0 Å². The molecule has 0 amide bonds. The third-order valence-electron chi connectivity index (χ3n) is 5.27. The van der Waals surface area contributed by atoms with Crippen LogP contribution in [0.1, 0.15) is 39.5 Å². The molecule has 3 N–H and O–H groups in total. The van der Waals surface area contributed by atoms with Crippen LogP contribution in [0.3, 0.4) is 0 Å². The normalized spacial score (nSPS) is 32.1. The number of hydrogen-bond donors (Lipinski definition) is 2. The Morgan fingerprint density at radius 1 is 1.25 bits per heavy atom. The molecule has 0 aliphatic carbocycles. The molecule has 0 aromatic heterocycles. The van der Waals surface area contributed by atoms with Gasteiger partial charge in [-0.2, -0.15) is 0 Å². The minimum atomic E-state index is 0.0953. The van der Waals surface area contributed by atoms with Gasteiger partial charge in [-0.05, 0) is 51.1 Å². The molecule has 118 valence electrons.